The zero-order valence-corrected chi connectivity index (χ0v) is 9.87. The smallest absolute Gasteiger partial charge is 0.0590 e. The number of unbranched alkanes of at least 4 members (excludes halogenated alkanes) is 1. The number of rotatable bonds is 7. The van der Waals surface area contributed by atoms with Crippen molar-refractivity contribution in [1.29, 1.82) is 0 Å². The Balaban J connectivity index is 1.87. The summed E-state index contributed by atoms with van der Waals surface area (Å²) in [6.07, 6.45) is 6.43. The molecule has 0 radical (unpaired) electrons. The van der Waals surface area contributed by atoms with Gasteiger partial charge in [-0.2, -0.15) is 0 Å². The van der Waals surface area contributed by atoms with Gasteiger partial charge in [-0.15, -0.1) is 0 Å². The Hall–Kier alpha value is -0.120. The van der Waals surface area contributed by atoms with Gasteiger partial charge in [-0.1, -0.05) is 13.3 Å². The molecular formula is C12H25NO2. The molecule has 0 aromatic rings. The summed E-state index contributed by atoms with van der Waals surface area (Å²) in [6.45, 7) is 4.83. The van der Waals surface area contributed by atoms with E-state index in [1.165, 1.54) is 6.42 Å². The molecule has 3 heteroatoms. The fourth-order valence-corrected chi connectivity index (χ4v) is 1.96. The van der Waals surface area contributed by atoms with Crippen molar-refractivity contribution in [1.82, 2.24) is 5.32 Å². The third-order valence-electron chi connectivity index (χ3n) is 3.02. The van der Waals surface area contributed by atoms with Crippen molar-refractivity contribution < 1.29 is 9.84 Å². The fourth-order valence-electron chi connectivity index (χ4n) is 1.96. The lowest BCUT2D eigenvalue weighted by Gasteiger charge is -2.26. The topological polar surface area (TPSA) is 41.5 Å². The Morgan fingerprint density at radius 1 is 1.20 bits per heavy atom. The molecule has 15 heavy (non-hydrogen) atoms. The van der Waals surface area contributed by atoms with E-state index in [2.05, 4.69) is 12.2 Å². The van der Waals surface area contributed by atoms with Gasteiger partial charge in [0.05, 0.1) is 12.7 Å². The molecule has 0 spiro atoms. The highest BCUT2D eigenvalue weighted by molar-refractivity contribution is 4.76. The van der Waals surface area contributed by atoms with E-state index in [9.17, 15) is 5.11 Å². The van der Waals surface area contributed by atoms with Crippen LogP contribution in [0, 0.1) is 0 Å². The number of ether oxygens (including phenoxy) is 1. The summed E-state index contributed by atoms with van der Waals surface area (Å²) in [5.74, 6) is 0. The molecule has 90 valence electrons. The number of aliphatic hydroxyl groups excluding tert-OH is 1. The van der Waals surface area contributed by atoms with Gasteiger partial charge in [-0.3, -0.25) is 0 Å². The summed E-state index contributed by atoms with van der Waals surface area (Å²) in [4.78, 5) is 0. The molecule has 0 heterocycles. The van der Waals surface area contributed by atoms with Crippen LogP contribution in [0.25, 0.3) is 0 Å². The Labute approximate surface area is 93.2 Å². The lowest BCUT2D eigenvalue weighted by molar-refractivity contribution is 0.106. The summed E-state index contributed by atoms with van der Waals surface area (Å²) in [6, 6.07) is 0.600. The maximum Gasteiger partial charge on any atom is 0.0590 e. The third kappa shape index (κ3) is 6.13. The SMILES string of the molecule is CCCCOCCNC1CCC(O)CC1. The Morgan fingerprint density at radius 2 is 1.93 bits per heavy atom. The summed E-state index contributed by atoms with van der Waals surface area (Å²) >= 11 is 0. The van der Waals surface area contributed by atoms with Gasteiger partial charge in [-0.25, -0.2) is 0 Å². The fraction of sp³-hybridized carbons (Fsp3) is 1.00. The zero-order valence-electron chi connectivity index (χ0n) is 9.87. The molecule has 1 saturated carbocycles. The van der Waals surface area contributed by atoms with Crippen molar-refractivity contribution >= 4 is 0 Å². The highest BCUT2D eigenvalue weighted by Crippen LogP contribution is 2.17. The molecule has 0 aliphatic heterocycles. The lowest BCUT2D eigenvalue weighted by atomic mass is 9.93. The first-order valence-corrected chi connectivity index (χ1v) is 6.32. The third-order valence-corrected chi connectivity index (χ3v) is 3.02. The van der Waals surface area contributed by atoms with E-state index >= 15 is 0 Å². The van der Waals surface area contributed by atoms with Gasteiger partial charge in [0, 0.05) is 19.2 Å². The van der Waals surface area contributed by atoms with Gasteiger partial charge in [0.1, 0.15) is 0 Å². The van der Waals surface area contributed by atoms with Crippen LogP contribution in [0.1, 0.15) is 45.4 Å². The van der Waals surface area contributed by atoms with E-state index in [1.807, 2.05) is 0 Å². The van der Waals surface area contributed by atoms with Crippen molar-refractivity contribution in [2.75, 3.05) is 19.8 Å². The van der Waals surface area contributed by atoms with Gasteiger partial charge in [0.25, 0.3) is 0 Å². The maximum atomic E-state index is 9.34. The van der Waals surface area contributed by atoms with Crippen LogP contribution >= 0.6 is 0 Å². The molecular weight excluding hydrogens is 190 g/mol. The van der Waals surface area contributed by atoms with Crippen molar-refractivity contribution in [3.8, 4) is 0 Å². The maximum absolute atomic E-state index is 9.34. The Kier molecular flexibility index (Phi) is 6.98. The van der Waals surface area contributed by atoms with Crippen LogP contribution < -0.4 is 5.32 Å². The van der Waals surface area contributed by atoms with E-state index in [0.717, 1.165) is 51.9 Å². The van der Waals surface area contributed by atoms with Gasteiger partial charge >= 0.3 is 0 Å². The molecule has 0 bridgehead atoms. The zero-order chi connectivity index (χ0) is 10.9. The van der Waals surface area contributed by atoms with Crippen molar-refractivity contribution in [3.63, 3.8) is 0 Å². The van der Waals surface area contributed by atoms with Crippen molar-refractivity contribution in [2.24, 2.45) is 0 Å². The van der Waals surface area contributed by atoms with Crippen LogP contribution in [0.5, 0.6) is 0 Å². The molecule has 1 aliphatic carbocycles. The van der Waals surface area contributed by atoms with Gasteiger partial charge in [0.15, 0.2) is 0 Å². The largest absolute Gasteiger partial charge is 0.393 e. The molecule has 0 aromatic heterocycles. The van der Waals surface area contributed by atoms with E-state index in [-0.39, 0.29) is 6.10 Å². The highest BCUT2D eigenvalue weighted by Gasteiger charge is 2.18. The van der Waals surface area contributed by atoms with E-state index in [4.69, 9.17) is 4.74 Å². The average molecular weight is 215 g/mol. The second kappa shape index (κ2) is 8.08. The van der Waals surface area contributed by atoms with Crippen LogP contribution in [0.2, 0.25) is 0 Å². The number of hydrogen-bond donors (Lipinski definition) is 2. The summed E-state index contributed by atoms with van der Waals surface area (Å²) in [7, 11) is 0. The van der Waals surface area contributed by atoms with E-state index in [0.29, 0.717) is 6.04 Å². The first-order valence-electron chi connectivity index (χ1n) is 6.32. The molecule has 1 aliphatic rings. The van der Waals surface area contributed by atoms with Crippen LogP contribution in [0.3, 0.4) is 0 Å². The molecule has 1 rings (SSSR count). The molecule has 0 saturated heterocycles. The minimum Gasteiger partial charge on any atom is -0.393 e. The Bertz CT molecular complexity index is 145. The summed E-state index contributed by atoms with van der Waals surface area (Å²) in [5.41, 5.74) is 0. The molecule has 3 nitrogen and oxygen atoms in total. The summed E-state index contributed by atoms with van der Waals surface area (Å²) in [5, 5.41) is 12.8. The predicted molar refractivity (Wildman–Crippen MR) is 62.0 cm³/mol. The first-order chi connectivity index (χ1) is 7.33. The molecule has 0 unspecified atom stereocenters. The quantitative estimate of drug-likeness (QED) is 0.635. The van der Waals surface area contributed by atoms with Crippen molar-refractivity contribution in [3.05, 3.63) is 0 Å². The number of hydrogen-bond acceptors (Lipinski definition) is 3. The van der Waals surface area contributed by atoms with Crippen LogP contribution in [-0.2, 0) is 4.74 Å². The van der Waals surface area contributed by atoms with Gasteiger partial charge in [0.2, 0.25) is 0 Å². The Morgan fingerprint density at radius 3 is 2.60 bits per heavy atom. The van der Waals surface area contributed by atoms with Crippen LogP contribution in [0.15, 0.2) is 0 Å². The lowest BCUT2D eigenvalue weighted by Crippen LogP contribution is -2.36. The van der Waals surface area contributed by atoms with E-state index in [1.54, 1.807) is 0 Å². The molecule has 0 atom stereocenters. The molecule has 0 aromatic carbocycles. The van der Waals surface area contributed by atoms with Crippen molar-refractivity contribution in [2.45, 2.75) is 57.6 Å². The molecule has 0 amide bonds. The first kappa shape index (κ1) is 12.9. The monoisotopic (exact) mass is 215 g/mol. The van der Waals surface area contributed by atoms with Gasteiger partial charge in [-0.05, 0) is 32.1 Å². The predicted octanol–water partition coefficient (Wildman–Crippen LogP) is 1.70. The van der Waals surface area contributed by atoms with E-state index < -0.39 is 0 Å². The molecule has 2 N–H and O–H groups in total. The second-order valence-corrected chi connectivity index (χ2v) is 4.43. The second-order valence-electron chi connectivity index (χ2n) is 4.43. The number of aliphatic hydroxyl groups is 1. The average Bonchev–Trinajstić information content (AvgIpc) is 2.26. The minimum absolute atomic E-state index is 0.0520. The highest BCUT2D eigenvalue weighted by atomic mass is 16.5. The normalized spacial score (nSPS) is 26.8. The van der Waals surface area contributed by atoms with Gasteiger partial charge < -0.3 is 15.2 Å². The van der Waals surface area contributed by atoms with Crippen LogP contribution in [-0.4, -0.2) is 37.0 Å². The standard InChI is InChI=1S/C12H25NO2/c1-2-3-9-15-10-8-13-11-4-6-12(14)7-5-11/h11-14H,2-10H2,1H3. The summed E-state index contributed by atoms with van der Waals surface area (Å²) < 4.78 is 5.47. The minimum atomic E-state index is -0.0520. The molecule has 1 fully saturated rings. The number of nitrogens with one attached hydrogen (secondary N) is 1. The van der Waals surface area contributed by atoms with Crippen LogP contribution in [0.4, 0.5) is 0 Å².